The lowest BCUT2D eigenvalue weighted by atomic mass is 10.1. The monoisotopic (exact) mass is 296 g/mol. The number of hydrogen-bond acceptors (Lipinski definition) is 6. The van der Waals surface area contributed by atoms with Gasteiger partial charge in [0.2, 0.25) is 5.76 Å². The molecule has 0 spiro atoms. The predicted octanol–water partition coefficient (Wildman–Crippen LogP) is -0.145. The molecule has 0 aliphatic carbocycles. The number of carboxylic acid groups (broad SMARTS) is 1. The molecule has 1 aromatic rings. The summed E-state index contributed by atoms with van der Waals surface area (Å²) in [5, 5.41) is 18.7. The largest absolute Gasteiger partial charge is 0.475 e. The highest BCUT2D eigenvalue weighted by Gasteiger charge is 2.33. The van der Waals surface area contributed by atoms with Gasteiger partial charge in [-0.05, 0) is 12.1 Å². The van der Waals surface area contributed by atoms with Gasteiger partial charge < -0.3 is 19.4 Å². The molecule has 3 rings (SSSR count). The lowest BCUT2D eigenvalue weighted by Crippen LogP contribution is -2.53. The first-order valence-corrected chi connectivity index (χ1v) is 7.17. The maximum atomic E-state index is 10.8. The smallest absolute Gasteiger partial charge is 0.371 e. The second-order valence-electron chi connectivity index (χ2n) is 5.56. The fourth-order valence-electron chi connectivity index (χ4n) is 2.93. The van der Waals surface area contributed by atoms with Gasteiger partial charge in [-0.3, -0.25) is 9.80 Å². The number of aliphatic hydroxyl groups is 1. The SMILES string of the molecule is O=C(O)c1ccc(CN2CCN([C@@H]3COC[C@H]3O)CC2)o1. The minimum absolute atomic E-state index is 0.0186. The fourth-order valence-corrected chi connectivity index (χ4v) is 2.93. The van der Waals surface area contributed by atoms with Crippen molar-refractivity contribution in [3.8, 4) is 0 Å². The molecule has 0 saturated carbocycles. The highest BCUT2D eigenvalue weighted by molar-refractivity contribution is 5.84. The zero-order valence-corrected chi connectivity index (χ0v) is 11.8. The lowest BCUT2D eigenvalue weighted by Gasteiger charge is -2.38. The van der Waals surface area contributed by atoms with Crippen LogP contribution in [0.3, 0.4) is 0 Å². The number of carboxylic acids is 1. The van der Waals surface area contributed by atoms with Crippen LogP contribution in [0.1, 0.15) is 16.3 Å². The van der Waals surface area contributed by atoms with E-state index in [-0.39, 0.29) is 17.9 Å². The van der Waals surface area contributed by atoms with Crippen molar-refractivity contribution in [3.63, 3.8) is 0 Å². The van der Waals surface area contributed by atoms with Crippen LogP contribution >= 0.6 is 0 Å². The first-order chi connectivity index (χ1) is 10.1. The van der Waals surface area contributed by atoms with Crippen LogP contribution in [0.15, 0.2) is 16.5 Å². The van der Waals surface area contributed by atoms with Crippen molar-refractivity contribution < 1.29 is 24.2 Å². The molecule has 2 fully saturated rings. The van der Waals surface area contributed by atoms with E-state index in [1.807, 2.05) is 0 Å². The number of aliphatic hydroxyl groups excluding tert-OH is 1. The molecule has 2 atom stereocenters. The third-order valence-corrected chi connectivity index (χ3v) is 4.15. The number of piperazine rings is 1. The van der Waals surface area contributed by atoms with Crippen LogP contribution in [0.2, 0.25) is 0 Å². The molecule has 0 amide bonds. The molecule has 0 aromatic carbocycles. The molecule has 21 heavy (non-hydrogen) atoms. The Labute approximate surface area is 122 Å². The number of nitrogens with zero attached hydrogens (tertiary/aromatic N) is 2. The van der Waals surface area contributed by atoms with Crippen molar-refractivity contribution in [1.82, 2.24) is 9.80 Å². The van der Waals surface area contributed by atoms with Crippen LogP contribution in [0.4, 0.5) is 0 Å². The molecule has 1 aromatic heterocycles. The number of rotatable bonds is 4. The van der Waals surface area contributed by atoms with Gasteiger partial charge in [-0.2, -0.15) is 0 Å². The number of carbonyl (C=O) groups is 1. The summed E-state index contributed by atoms with van der Waals surface area (Å²) in [5.41, 5.74) is 0. The Morgan fingerprint density at radius 3 is 2.57 bits per heavy atom. The Morgan fingerprint density at radius 2 is 2.00 bits per heavy atom. The average Bonchev–Trinajstić information content (AvgIpc) is 3.09. The van der Waals surface area contributed by atoms with E-state index in [0.717, 1.165) is 26.2 Å². The van der Waals surface area contributed by atoms with Crippen LogP contribution in [0.25, 0.3) is 0 Å². The van der Waals surface area contributed by atoms with Crippen molar-refractivity contribution in [2.75, 3.05) is 39.4 Å². The summed E-state index contributed by atoms with van der Waals surface area (Å²) in [6.45, 7) is 5.12. The van der Waals surface area contributed by atoms with Gasteiger partial charge in [0.15, 0.2) is 0 Å². The summed E-state index contributed by atoms with van der Waals surface area (Å²) < 4.78 is 10.6. The summed E-state index contributed by atoms with van der Waals surface area (Å²) in [7, 11) is 0. The van der Waals surface area contributed by atoms with Crippen LogP contribution < -0.4 is 0 Å². The van der Waals surface area contributed by atoms with Gasteiger partial charge in [0, 0.05) is 26.2 Å². The van der Waals surface area contributed by atoms with E-state index in [9.17, 15) is 9.90 Å². The van der Waals surface area contributed by atoms with Crippen molar-refractivity contribution in [3.05, 3.63) is 23.7 Å². The van der Waals surface area contributed by atoms with Gasteiger partial charge in [-0.1, -0.05) is 0 Å². The Balaban J connectivity index is 1.50. The number of hydrogen-bond donors (Lipinski definition) is 2. The summed E-state index contributed by atoms with van der Waals surface area (Å²) in [4.78, 5) is 15.3. The molecule has 0 unspecified atom stereocenters. The van der Waals surface area contributed by atoms with Gasteiger partial charge in [-0.15, -0.1) is 0 Å². The maximum absolute atomic E-state index is 10.8. The van der Waals surface area contributed by atoms with Crippen molar-refractivity contribution >= 4 is 5.97 Å². The zero-order chi connectivity index (χ0) is 14.8. The molecule has 2 aliphatic rings. The van der Waals surface area contributed by atoms with E-state index in [1.165, 1.54) is 6.07 Å². The third-order valence-electron chi connectivity index (χ3n) is 4.15. The summed E-state index contributed by atoms with van der Waals surface area (Å²) >= 11 is 0. The van der Waals surface area contributed by atoms with Gasteiger partial charge >= 0.3 is 5.97 Å². The molecule has 2 aliphatic heterocycles. The zero-order valence-electron chi connectivity index (χ0n) is 11.8. The second kappa shape index (κ2) is 6.15. The van der Waals surface area contributed by atoms with Crippen molar-refractivity contribution in [2.45, 2.75) is 18.7 Å². The lowest BCUT2D eigenvalue weighted by molar-refractivity contribution is 0.0401. The van der Waals surface area contributed by atoms with Gasteiger partial charge in [0.1, 0.15) is 5.76 Å². The van der Waals surface area contributed by atoms with E-state index in [1.54, 1.807) is 6.07 Å². The Kier molecular flexibility index (Phi) is 4.25. The fraction of sp³-hybridized carbons (Fsp3) is 0.643. The third kappa shape index (κ3) is 3.26. The molecule has 7 heteroatoms. The highest BCUT2D eigenvalue weighted by Crippen LogP contribution is 2.17. The van der Waals surface area contributed by atoms with Gasteiger partial charge in [0.05, 0.1) is 31.9 Å². The van der Waals surface area contributed by atoms with Gasteiger partial charge in [0.25, 0.3) is 0 Å². The Bertz CT molecular complexity index is 495. The van der Waals surface area contributed by atoms with Gasteiger partial charge in [-0.25, -0.2) is 4.79 Å². The normalized spacial score (nSPS) is 28.0. The number of furan rings is 1. The van der Waals surface area contributed by atoms with Crippen LogP contribution in [0.5, 0.6) is 0 Å². The molecule has 0 bridgehead atoms. The summed E-state index contributed by atoms with van der Waals surface area (Å²) in [5.74, 6) is -0.388. The van der Waals surface area contributed by atoms with E-state index >= 15 is 0 Å². The number of ether oxygens (including phenoxy) is 1. The minimum atomic E-state index is -1.04. The molecular weight excluding hydrogens is 276 g/mol. The molecule has 0 radical (unpaired) electrons. The minimum Gasteiger partial charge on any atom is -0.475 e. The Hall–Kier alpha value is -1.41. The van der Waals surface area contributed by atoms with Crippen LogP contribution in [-0.4, -0.2) is 77.5 Å². The van der Waals surface area contributed by atoms with E-state index in [2.05, 4.69) is 9.80 Å². The van der Waals surface area contributed by atoms with Crippen molar-refractivity contribution in [1.29, 1.82) is 0 Å². The molecule has 7 nitrogen and oxygen atoms in total. The van der Waals surface area contributed by atoms with E-state index < -0.39 is 5.97 Å². The predicted molar refractivity (Wildman–Crippen MR) is 73.1 cm³/mol. The molecule has 3 heterocycles. The quantitative estimate of drug-likeness (QED) is 0.799. The highest BCUT2D eigenvalue weighted by atomic mass is 16.5. The first-order valence-electron chi connectivity index (χ1n) is 7.17. The number of aromatic carboxylic acids is 1. The van der Waals surface area contributed by atoms with Crippen molar-refractivity contribution in [2.24, 2.45) is 0 Å². The topological polar surface area (TPSA) is 86.4 Å². The standard InChI is InChI=1S/C14H20N2O5/c17-12-9-20-8-11(12)16-5-3-15(4-6-16)7-10-1-2-13(21-10)14(18)19/h1-2,11-12,17H,3-9H2,(H,18,19)/t11-,12-/m1/s1. The average molecular weight is 296 g/mol. The molecule has 2 saturated heterocycles. The maximum Gasteiger partial charge on any atom is 0.371 e. The van der Waals surface area contributed by atoms with E-state index in [0.29, 0.717) is 25.5 Å². The summed E-state index contributed by atoms with van der Waals surface area (Å²) in [6, 6.07) is 3.30. The second-order valence-corrected chi connectivity index (χ2v) is 5.56. The summed E-state index contributed by atoms with van der Waals surface area (Å²) in [6.07, 6.45) is -0.389. The Morgan fingerprint density at radius 1 is 1.24 bits per heavy atom. The molecule has 116 valence electrons. The van der Waals surface area contributed by atoms with E-state index in [4.69, 9.17) is 14.3 Å². The van der Waals surface area contributed by atoms with Crippen LogP contribution in [-0.2, 0) is 11.3 Å². The molecular formula is C14H20N2O5. The first kappa shape index (κ1) is 14.5. The van der Waals surface area contributed by atoms with Crippen LogP contribution in [0, 0.1) is 0 Å². The molecule has 2 N–H and O–H groups in total.